The Labute approximate surface area is 101 Å². The van der Waals surface area contributed by atoms with Gasteiger partial charge in [0.2, 0.25) is 0 Å². The molecule has 1 unspecified atom stereocenters. The zero-order valence-electron chi connectivity index (χ0n) is 9.85. The van der Waals surface area contributed by atoms with Gasteiger partial charge >= 0.3 is 5.97 Å². The molecule has 0 amide bonds. The first-order valence-electron chi connectivity index (χ1n) is 5.74. The highest BCUT2D eigenvalue weighted by molar-refractivity contribution is 5.83. The number of hydrogen-bond donors (Lipinski definition) is 1. The van der Waals surface area contributed by atoms with E-state index < -0.39 is 11.6 Å². The number of carbonyl (C=O) groups excluding carboxylic acids is 1. The predicted molar refractivity (Wildman–Crippen MR) is 64.6 cm³/mol. The molecule has 3 nitrogen and oxygen atoms in total. The summed E-state index contributed by atoms with van der Waals surface area (Å²) in [7, 11) is 0. The minimum atomic E-state index is -0.592. The van der Waals surface area contributed by atoms with Crippen LogP contribution in [0.1, 0.15) is 25.3 Å². The number of cyclic esters (lactones) is 1. The summed E-state index contributed by atoms with van der Waals surface area (Å²) in [6.45, 7) is 1.86. The van der Waals surface area contributed by atoms with E-state index in [1.807, 2.05) is 37.3 Å². The summed E-state index contributed by atoms with van der Waals surface area (Å²) in [5, 5.41) is 9.47. The van der Waals surface area contributed by atoms with Crippen molar-refractivity contribution in [3.05, 3.63) is 47.7 Å². The molecule has 1 aliphatic rings. The molecular weight excluding hydrogens is 216 g/mol. The first kappa shape index (κ1) is 11.7. The fourth-order valence-electron chi connectivity index (χ4n) is 2.07. The predicted octanol–water partition coefficient (Wildman–Crippen LogP) is 2.77. The first-order valence-corrected chi connectivity index (χ1v) is 5.74. The molecular formula is C14H16O3. The second-order valence-electron chi connectivity index (χ2n) is 4.67. The lowest BCUT2D eigenvalue weighted by Crippen LogP contribution is -2.35. The van der Waals surface area contributed by atoms with Gasteiger partial charge in [0.25, 0.3) is 0 Å². The molecule has 90 valence electrons. The number of carbonyl (C=O) groups is 1. The number of aliphatic hydroxyl groups is 1. The van der Waals surface area contributed by atoms with Crippen LogP contribution in [0.2, 0.25) is 0 Å². The van der Waals surface area contributed by atoms with Crippen LogP contribution in [0.3, 0.4) is 0 Å². The molecule has 0 saturated heterocycles. The fourth-order valence-corrected chi connectivity index (χ4v) is 2.07. The van der Waals surface area contributed by atoms with Crippen LogP contribution in [-0.4, -0.2) is 16.7 Å². The third kappa shape index (κ3) is 3.09. The zero-order chi connectivity index (χ0) is 12.3. The van der Waals surface area contributed by atoms with E-state index in [1.54, 1.807) is 0 Å². The van der Waals surface area contributed by atoms with Gasteiger partial charge in [0.05, 0.1) is 6.08 Å². The number of esters is 1. The van der Waals surface area contributed by atoms with Crippen LogP contribution in [0.5, 0.6) is 0 Å². The van der Waals surface area contributed by atoms with Crippen molar-refractivity contribution in [2.24, 2.45) is 0 Å². The van der Waals surface area contributed by atoms with Gasteiger partial charge in [-0.05, 0) is 25.3 Å². The quantitative estimate of drug-likeness (QED) is 0.815. The van der Waals surface area contributed by atoms with E-state index in [2.05, 4.69) is 0 Å². The minimum Gasteiger partial charge on any atom is -0.512 e. The Morgan fingerprint density at radius 3 is 2.71 bits per heavy atom. The molecule has 1 atom stereocenters. The zero-order valence-corrected chi connectivity index (χ0v) is 9.85. The van der Waals surface area contributed by atoms with Crippen molar-refractivity contribution < 1.29 is 14.6 Å². The molecule has 1 N–H and O–H groups in total. The van der Waals surface area contributed by atoms with Gasteiger partial charge in [-0.1, -0.05) is 30.3 Å². The molecule has 1 aromatic carbocycles. The molecule has 1 heterocycles. The van der Waals surface area contributed by atoms with E-state index in [9.17, 15) is 9.90 Å². The maximum atomic E-state index is 11.2. The second-order valence-corrected chi connectivity index (χ2v) is 4.67. The third-order valence-corrected chi connectivity index (χ3v) is 2.97. The summed E-state index contributed by atoms with van der Waals surface area (Å²) >= 11 is 0. The van der Waals surface area contributed by atoms with Crippen LogP contribution >= 0.6 is 0 Å². The van der Waals surface area contributed by atoms with Gasteiger partial charge in [0.15, 0.2) is 0 Å². The van der Waals surface area contributed by atoms with E-state index in [4.69, 9.17) is 4.74 Å². The van der Waals surface area contributed by atoms with E-state index >= 15 is 0 Å². The summed E-state index contributed by atoms with van der Waals surface area (Å²) in [5.74, 6) is -0.346. The van der Waals surface area contributed by atoms with Gasteiger partial charge in [-0.25, -0.2) is 4.79 Å². The monoisotopic (exact) mass is 232 g/mol. The van der Waals surface area contributed by atoms with Crippen LogP contribution in [0.25, 0.3) is 0 Å². The summed E-state index contributed by atoms with van der Waals surface area (Å²) < 4.78 is 5.29. The molecule has 1 aromatic rings. The van der Waals surface area contributed by atoms with Gasteiger partial charge in [-0.15, -0.1) is 0 Å². The van der Waals surface area contributed by atoms with Crippen molar-refractivity contribution in [3.63, 3.8) is 0 Å². The molecule has 1 aliphatic heterocycles. The molecule has 0 fully saturated rings. The van der Waals surface area contributed by atoms with Crippen molar-refractivity contribution in [2.75, 3.05) is 0 Å². The van der Waals surface area contributed by atoms with Crippen LogP contribution in [0.4, 0.5) is 0 Å². The van der Waals surface area contributed by atoms with Gasteiger partial charge < -0.3 is 9.84 Å². The average Bonchev–Trinajstić information content (AvgIpc) is 2.26. The Hall–Kier alpha value is -1.77. The Balaban J connectivity index is 1.99. The highest BCUT2D eigenvalue weighted by Crippen LogP contribution is 2.29. The minimum absolute atomic E-state index is 0.108. The topological polar surface area (TPSA) is 46.5 Å². The van der Waals surface area contributed by atoms with Crippen molar-refractivity contribution in [3.8, 4) is 0 Å². The molecule has 3 heteroatoms. The van der Waals surface area contributed by atoms with E-state index in [0.717, 1.165) is 12.5 Å². The first-order chi connectivity index (χ1) is 8.07. The van der Waals surface area contributed by atoms with Gasteiger partial charge in [0, 0.05) is 6.42 Å². The van der Waals surface area contributed by atoms with Crippen LogP contribution in [0.15, 0.2) is 42.2 Å². The van der Waals surface area contributed by atoms with Gasteiger partial charge in [-0.3, -0.25) is 0 Å². The highest BCUT2D eigenvalue weighted by atomic mass is 16.6. The molecule has 0 radical (unpaired) electrons. The Morgan fingerprint density at radius 2 is 2.06 bits per heavy atom. The molecule has 0 spiro atoms. The van der Waals surface area contributed by atoms with Crippen molar-refractivity contribution in [1.29, 1.82) is 0 Å². The standard InChI is InChI=1S/C14H16O3/c1-14(10-12(15)9-13(16)17-14)8-7-11-5-3-2-4-6-11/h2-6,9,15H,7-8,10H2,1H3. The van der Waals surface area contributed by atoms with Crippen molar-refractivity contribution >= 4 is 5.97 Å². The molecule has 0 aliphatic carbocycles. The van der Waals surface area contributed by atoms with Gasteiger partial charge in [0.1, 0.15) is 11.4 Å². The van der Waals surface area contributed by atoms with E-state index in [0.29, 0.717) is 12.8 Å². The lowest BCUT2D eigenvalue weighted by Gasteiger charge is -2.31. The van der Waals surface area contributed by atoms with Crippen LogP contribution < -0.4 is 0 Å². The Bertz CT molecular complexity index is 436. The number of ether oxygens (including phenoxy) is 1. The maximum Gasteiger partial charge on any atom is 0.334 e. The fraction of sp³-hybridized carbons (Fsp3) is 0.357. The Kier molecular flexibility index (Phi) is 3.18. The maximum absolute atomic E-state index is 11.2. The number of benzene rings is 1. The summed E-state index contributed by atoms with van der Waals surface area (Å²) in [6, 6.07) is 10.0. The van der Waals surface area contributed by atoms with E-state index in [1.165, 1.54) is 5.56 Å². The summed E-state index contributed by atoms with van der Waals surface area (Å²) in [4.78, 5) is 11.2. The van der Waals surface area contributed by atoms with E-state index in [-0.39, 0.29) is 5.76 Å². The summed E-state index contributed by atoms with van der Waals surface area (Å²) in [6.07, 6.45) is 3.08. The molecule has 0 bridgehead atoms. The normalized spacial score (nSPS) is 24.1. The molecule has 17 heavy (non-hydrogen) atoms. The average molecular weight is 232 g/mol. The lowest BCUT2D eigenvalue weighted by molar-refractivity contribution is -0.155. The molecule has 2 rings (SSSR count). The summed E-state index contributed by atoms with van der Waals surface area (Å²) in [5.41, 5.74) is 0.616. The van der Waals surface area contributed by atoms with Crippen molar-refractivity contribution in [1.82, 2.24) is 0 Å². The number of rotatable bonds is 3. The highest BCUT2D eigenvalue weighted by Gasteiger charge is 2.33. The largest absolute Gasteiger partial charge is 0.512 e. The molecule has 0 saturated carbocycles. The second kappa shape index (κ2) is 4.62. The van der Waals surface area contributed by atoms with Gasteiger partial charge in [-0.2, -0.15) is 0 Å². The molecule has 0 aromatic heterocycles. The number of aliphatic hydroxyl groups excluding tert-OH is 1. The smallest absolute Gasteiger partial charge is 0.334 e. The number of aryl methyl sites for hydroxylation is 1. The Morgan fingerprint density at radius 1 is 1.35 bits per heavy atom. The van der Waals surface area contributed by atoms with Crippen LogP contribution in [0, 0.1) is 0 Å². The third-order valence-electron chi connectivity index (χ3n) is 2.97. The SMILES string of the molecule is CC1(CCc2ccccc2)CC(O)=CC(=O)O1. The lowest BCUT2D eigenvalue weighted by atomic mass is 9.91. The number of hydrogen-bond acceptors (Lipinski definition) is 3. The van der Waals surface area contributed by atoms with Crippen LogP contribution in [-0.2, 0) is 16.0 Å². The van der Waals surface area contributed by atoms with Crippen molar-refractivity contribution in [2.45, 2.75) is 31.8 Å².